The smallest absolute Gasteiger partial charge is 0.329 e. The van der Waals surface area contributed by atoms with Gasteiger partial charge in [0.15, 0.2) is 18.1 Å². The van der Waals surface area contributed by atoms with Crippen molar-refractivity contribution in [2.24, 2.45) is 5.10 Å². The molecule has 0 spiro atoms. The summed E-state index contributed by atoms with van der Waals surface area (Å²) in [4.78, 5) is 37.1. The number of amides is 3. The van der Waals surface area contributed by atoms with Crippen molar-refractivity contribution in [2.75, 3.05) is 46.1 Å². The lowest BCUT2D eigenvalue weighted by Crippen LogP contribution is -2.43. The zero-order valence-electron chi connectivity index (χ0n) is 17.3. The molecule has 1 aromatic carbocycles. The van der Waals surface area contributed by atoms with Crippen LogP contribution < -0.4 is 20.2 Å². The van der Waals surface area contributed by atoms with Gasteiger partial charge < -0.3 is 24.4 Å². The molecule has 10 heteroatoms. The van der Waals surface area contributed by atoms with Crippen LogP contribution in [0, 0.1) is 0 Å². The van der Waals surface area contributed by atoms with Crippen LogP contribution in [0.1, 0.15) is 25.8 Å². The van der Waals surface area contributed by atoms with Crippen molar-refractivity contribution in [3.8, 4) is 11.5 Å². The van der Waals surface area contributed by atoms with Crippen molar-refractivity contribution in [3.63, 3.8) is 0 Å². The van der Waals surface area contributed by atoms with Gasteiger partial charge in [-0.1, -0.05) is 6.92 Å². The van der Waals surface area contributed by atoms with Gasteiger partial charge in [-0.15, -0.1) is 0 Å². The minimum Gasteiger partial charge on any atom is -0.490 e. The first kappa shape index (κ1) is 23.1. The average molecular weight is 420 g/mol. The Kier molecular flexibility index (Phi) is 9.59. The van der Waals surface area contributed by atoms with E-state index in [1.165, 1.54) is 6.21 Å². The second kappa shape index (κ2) is 12.4. The Balaban J connectivity index is 1.94. The Bertz CT molecular complexity index is 762. The predicted octanol–water partition coefficient (Wildman–Crippen LogP) is 0.299. The fourth-order valence-electron chi connectivity index (χ4n) is 2.57. The fourth-order valence-corrected chi connectivity index (χ4v) is 2.57. The molecule has 0 aliphatic carbocycles. The van der Waals surface area contributed by atoms with E-state index in [2.05, 4.69) is 15.8 Å². The summed E-state index contributed by atoms with van der Waals surface area (Å²) < 4.78 is 16.5. The van der Waals surface area contributed by atoms with Gasteiger partial charge in [0.2, 0.25) is 0 Å². The molecule has 0 radical (unpaired) electrons. The van der Waals surface area contributed by atoms with E-state index in [4.69, 9.17) is 14.2 Å². The first-order valence-corrected chi connectivity index (χ1v) is 9.91. The maximum absolute atomic E-state index is 12.2. The molecule has 0 unspecified atom stereocenters. The molecule has 164 valence electrons. The number of ether oxygens (including phenoxy) is 3. The van der Waals surface area contributed by atoms with Crippen LogP contribution in [-0.2, 0) is 19.1 Å². The summed E-state index contributed by atoms with van der Waals surface area (Å²) in [5.74, 6) is -0.818. The molecular weight excluding hydrogens is 392 g/mol. The van der Waals surface area contributed by atoms with Gasteiger partial charge in [-0.05, 0) is 37.1 Å². The maximum atomic E-state index is 12.2. The highest BCUT2D eigenvalue weighted by Crippen LogP contribution is 2.28. The molecule has 1 aromatic rings. The molecule has 1 heterocycles. The summed E-state index contributed by atoms with van der Waals surface area (Å²) in [6.45, 7) is 6.61. The zero-order chi connectivity index (χ0) is 21.8. The standard InChI is InChI=1S/C20H28N4O6/c1-3-7-21-19(26)20(27)23-22-13-15-5-6-16(17(12-15)29-4-2)30-14-18(25)24-8-10-28-11-9-24/h5-6,12-13H,3-4,7-11,14H2,1-2H3,(H,21,26)(H,23,27)/b22-13-. The van der Waals surface area contributed by atoms with Gasteiger partial charge in [-0.2, -0.15) is 5.10 Å². The quantitative estimate of drug-likeness (QED) is 0.337. The number of hydrazone groups is 1. The largest absolute Gasteiger partial charge is 0.490 e. The maximum Gasteiger partial charge on any atom is 0.329 e. The fraction of sp³-hybridized carbons (Fsp3) is 0.500. The van der Waals surface area contributed by atoms with Crippen molar-refractivity contribution < 1.29 is 28.6 Å². The van der Waals surface area contributed by atoms with E-state index < -0.39 is 11.8 Å². The highest BCUT2D eigenvalue weighted by atomic mass is 16.5. The van der Waals surface area contributed by atoms with Gasteiger partial charge in [-0.25, -0.2) is 5.43 Å². The number of rotatable bonds is 9. The van der Waals surface area contributed by atoms with Crippen LogP contribution in [0.25, 0.3) is 0 Å². The second-order valence-corrected chi connectivity index (χ2v) is 6.38. The molecule has 2 N–H and O–H groups in total. The number of nitrogens with zero attached hydrogens (tertiary/aromatic N) is 2. The van der Waals surface area contributed by atoms with Gasteiger partial charge >= 0.3 is 11.8 Å². The topological polar surface area (TPSA) is 119 Å². The third kappa shape index (κ3) is 7.36. The van der Waals surface area contributed by atoms with E-state index >= 15 is 0 Å². The summed E-state index contributed by atoms with van der Waals surface area (Å²) in [5, 5.41) is 6.24. The predicted molar refractivity (Wildman–Crippen MR) is 110 cm³/mol. The highest BCUT2D eigenvalue weighted by Gasteiger charge is 2.18. The highest BCUT2D eigenvalue weighted by molar-refractivity contribution is 6.35. The lowest BCUT2D eigenvalue weighted by Gasteiger charge is -2.26. The monoisotopic (exact) mass is 420 g/mol. The molecular formula is C20H28N4O6. The lowest BCUT2D eigenvalue weighted by atomic mass is 10.2. The van der Waals surface area contributed by atoms with Gasteiger partial charge in [0, 0.05) is 19.6 Å². The Morgan fingerprint density at radius 1 is 1.13 bits per heavy atom. The Labute approximate surface area is 175 Å². The van der Waals surface area contributed by atoms with Crippen molar-refractivity contribution in [1.29, 1.82) is 0 Å². The molecule has 3 amide bonds. The average Bonchev–Trinajstić information content (AvgIpc) is 2.77. The second-order valence-electron chi connectivity index (χ2n) is 6.38. The van der Waals surface area contributed by atoms with E-state index in [0.717, 1.165) is 6.42 Å². The summed E-state index contributed by atoms with van der Waals surface area (Å²) in [6.07, 6.45) is 2.12. The van der Waals surface area contributed by atoms with Gasteiger partial charge in [0.25, 0.3) is 5.91 Å². The lowest BCUT2D eigenvalue weighted by molar-refractivity contribution is -0.139. The molecule has 1 aliphatic heterocycles. The summed E-state index contributed by atoms with van der Waals surface area (Å²) in [7, 11) is 0. The number of carbonyl (C=O) groups excluding carboxylic acids is 3. The summed E-state index contributed by atoms with van der Waals surface area (Å²) in [5.41, 5.74) is 2.79. The number of carbonyl (C=O) groups is 3. The van der Waals surface area contributed by atoms with Crippen LogP contribution >= 0.6 is 0 Å². The summed E-state index contributed by atoms with van der Waals surface area (Å²) in [6, 6.07) is 5.03. The SMILES string of the molecule is CCCNC(=O)C(=O)N/N=C\c1ccc(OCC(=O)N2CCOCC2)c(OCC)c1. The van der Waals surface area contributed by atoms with E-state index in [0.29, 0.717) is 56.5 Å². The van der Waals surface area contributed by atoms with Crippen LogP contribution in [0.4, 0.5) is 0 Å². The Hall–Kier alpha value is -3.14. The number of hydrogen-bond acceptors (Lipinski definition) is 7. The van der Waals surface area contributed by atoms with Crippen LogP contribution in [0.2, 0.25) is 0 Å². The van der Waals surface area contributed by atoms with Crippen molar-refractivity contribution in [1.82, 2.24) is 15.6 Å². The van der Waals surface area contributed by atoms with E-state index in [1.807, 2.05) is 13.8 Å². The van der Waals surface area contributed by atoms with Gasteiger partial charge in [-0.3, -0.25) is 14.4 Å². The molecule has 1 fully saturated rings. The van der Waals surface area contributed by atoms with Crippen LogP contribution in [0.3, 0.4) is 0 Å². The van der Waals surface area contributed by atoms with Gasteiger partial charge in [0.1, 0.15) is 0 Å². The first-order valence-electron chi connectivity index (χ1n) is 9.91. The molecule has 0 saturated carbocycles. The van der Waals surface area contributed by atoms with Crippen molar-refractivity contribution in [3.05, 3.63) is 23.8 Å². The molecule has 2 rings (SSSR count). The zero-order valence-corrected chi connectivity index (χ0v) is 17.3. The molecule has 0 aromatic heterocycles. The van der Waals surface area contributed by atoms with E-state index in [1.54, 1.807) is 23.1 Å². The third-order valence-electron chi connectivity index (χ3n) is 4.10. The normalized spacial score (nSPS) is 13.7. The number of morpholine rings is 1. The minimum absolute atomic E-state index is 0.101. The molecule has 0 atom stereocenters. The summed E-state index contributed by atoms with van der Waals surface area (Å²) >= 11 is 0. The molecule has 0 bridgehead atoms. The van der Waals surface area contributed by atoms with Crippen LogP contribution in [-0.4, -0.2) is 74.9 Å². The third-order valence-corrected chi connectivity index (χ3v) is 4.10. The van der Waals surface area contributed by atoms with Crippen LogP contribution in [0.5, 0.6) is 11.5 Å². The Morgan fingerprint density at radius 3 is 2.60 bits per heavy atom. The van der Waals surface area contributed by atoms with Crippen molar-refractivity contribution in [2.45, 2.75) is 20.3 Å². The van der Waals surface area contributed by atoms with E-state index in [-0.39, 0.29) is 12.5 Å². The Morgan fingerprint density at radius 2 is 1.90 bits per heavy atom. The molecule has 10 nitrogen and oxygen atoms in total. The first-order chi connectivity index (χ1) is 14.5. The molecule has 30 heavy (non-hydrogen) atoms. The van der Waals surface area contributed by atoms with Crippen LogP contribution in [0.15, 0.2) is 23.3 Å². The van der Waals surface area contributed by atoms with E-state index in [9.17, 15) is 14.4 Å². The number of benzene rings is 1. The molecule has 1 aliphatic rings. The minimum atomic E-state index is -0.841. The number of nitrogens with one attached hydrogen (secondary N) is 2. The van der Waals surface area contributed by atoms with Gasteiger partial charge in [0.05, 0.1) is 26.0 Å². The number of hydrogen-bond donors (Lipinski definition) is 2. The van der Waals surface area contributed by atoms with Crippen molar-refractivity contribution >= 4 is 23.9 Å². The molecule has 1 saturated heterocycles.